The molecule has 1 saturated heterocycles. The minimum absolute atomic E-state index is 0.0350. The van der Waals surface area contributed by atoms with Crippen LogP contribution in [0.4, 0.5) is 0 Å². The van der Waals surface area contributed by atoms with Crippen LogP contribution in [0.1, 0.15) is 63.4 Å². The quantitative estimate of drug-likeness (QED) is 0.216. The first kappa shape index (κ1) is 35.4. The van der Waals surface area contributed by atoms with Gasteiger partial charge in [0, 0.05) is 43.6 Å². The Kier molecular flexibility index (Phi) is 10.3. The molecule has 9 atom stereocenters. The zero-order chi connectivity index (χ0) is 35.0. The summed E-state index contributed by atoms with van der Waals surface area (Å²) in [4.78, 5) is 54.6. The van der Waals surface area contributed by atoms with Crippen molar-refractivity contribution in [1.82, 2.24) is 0 Å². The molecule has 2 aromatic carbocycles. The van der Waals surface area contributed by atoms with Gasteiger partial charge in [-0.15, -0.1) is 0 Å². The molecule has 258 valence electrons. The molecule has 3 N–H and O–H groups in total. The third kappa shape index (κ3) is 6.96. The number of benzene rings is 2. The van der Waals surface area contributed by atoms with Gasteiger partial charge in [-0.2, -0.15) is 0 Å². The Labute approximate surface area is 279 Å². The lowest BCUT2D eigenvalue weighted by Crippen LogP contribution is -2.67. The molecule has 0 amide bonds. The highest BCUT2D eigenvalue weighted by atomic mass is 16.6. The molecule has 2 aliphatic carbocycles. The topological polar surface area (TPSA) is 166 Å². The van der Waals surface area contributed by atoms with Crippen molar-refractivity contribution < 1.29 is 53.4 Å². The number of hydrogen-bond acceptors (Lipinski definition) is 11. The van der Waals surface area contributed by atoms with E-state index in [-0.39, 0.29) is 48.5 Å². The van der Waals surface area contributed by atoms with Crippen LogP contribution in [0.5, 0.6) is 0 Å². The second-order valence-corrected chi connectivity index (χ2v) is 13.8. The van der Waals surface area contributed by atoms with Gasteiger partial charge >= 0.3 is 17.9 Å². The summed E-state index contributed by atoms with van der Waals surface area (Å²) in [7, 11) is 0. The number of aliphatic hydroxyl groups excluding tert-OH is 2. The molecule has 0 unspecified atom stereocenters. The number of rotatable bonds is 8. The van der Waals surface area contributed by atoms with Gasteiger partial charge in [-0.1, -0.05) is 48.5 Å². The molecule has 0 bridgehead atoms. The van der Waals surface area contributed by atoms with Gasteiger partial charge in [0.25, 0.3) is 0 Å². The number of hydrogen-bond donors (Lipinski definition) is 3. The molecule has 11 nitrogen and oxygen atoms in total. The van der Waals surface area contributed by atoms with Crippen molar-refractivity contribution in [3.63, 3.8) is 0 Å². The summed E-state index contributed by atoms with van der Waals surface area (Å²) < 4.78 is 23.6. The van der Waals surface area contributed by atoms with Gasteiger partial charge in [0.15, 0.2) is 18.0 Å². The predicted molar refractivity (Wildman–Crippen MR) is 171 cm³/mol. The maximum atomic E-state index is 14.9. The lowest BCUT2D eigenvalue weighted by Gasteiger charge is -2.57. The van der Waals surface area contributed by atoms with Gasteiger partial charge in [0.05, 0.1) is 35.4 Å². The van der Waals surface area contributed by atoms with Gasteiger partial charge in [-0.3, -0.25) is 9.59 Å². The average Bonchev–Trinajstić information content (AvgIpc) is 3.04. The van der Waals surface area contributed by atoms with Gasteiger partial charge in [-0.25, -0.2) is 9.59 Å². The molecule has 48 heavy (non-hydrogen) atoms. The van der Waals surface area contributed by atoms with Crippen LogP contribution >= 0.6 is 0 Å². The number of aliphatic hydroxyl groups is 3. The summed E-state index contributed by atoms with van der Waals surface area (Å²) in [6.07, 6.45) is -7.49. The molecule has 0 spiro atoms. The van der Waals surface area contributed by atoms with Crippen molar-refractivity contribution in [2.75, 3.05) is 6.61 Å². The van der Waals surface area contributed by atoms with E-state index in [0.29, 0.717) is 5.56 Å². The van der Waals surface area contributed by atoms with E-state index in [2.05, 4.69) is 0 Å². The zero-order valence-corrected chi connectivity index (χ0v) is 27.8. The third-order valence-corrected chi connectivity index (χ3v) is 10.1. The molecule has 5 rings (SSSR count). The van der Waals surface area contributed by atoms with E-state index in [1.165, 1.54) is 20.8 Å². The van der Waals surface area contributed by atoms with Crippen molar-refractivity contribution >= 4 is 23.7 Å². The number of ketones is 1. The Morgan fingerprint density at radius 1 is 1.00 bits per heavy atom. The predicted octanol–water partition coefficient (Wildman–Crippen LogP) is 3.12. The Hall–Kier alpha value is -3.90. The molecule has 0 aromatic heterocycles. The van der Waals surface area contributed by atoms with Crippen LogP contribution in [0.15, 0.2) is 71.8 Å². The minimum atomic E-state index is -1.79. The second kappa shape index (κ2) is 13.9. The first-order valence-corrected chi connectivity index (χ1v) is 16.3. The van der Waals surface area contributed by atoms with Crippen molar-refractivity contribution in [2.24, 2.45) is 17.3 Å². The fraction of sp³-hybridized carbons (Fsp3) is 0.514. The van der Waals surface area contributed by atoms with Crippen LogP contribution in [0, 0.1) is 17.3 Å². The van der Waals surface area contributed by atoms with Crippen molar-refractivity contribution in [3.8, 4) is 0 Å². The Morgan fingerprint density at radius 2 is 1.62 bits per heavy atom. The molecule has 2 aromatic rings. The van der Waals surface area contributed by atoms with E-state index >= 15 is 0 Å². The summed E-state index contributed by atoms with van der Waals surface area (Å²) in [6.45, 7) is 7.27. The number of ether oxygens (including phenoxy) is 4. The first-order chi connectivity index (χ1) is 22.6. The molecular weight excluding hydrogens is 620 g/mol. The van der Waals surface area contributed by atoms with Gasteiger partial charge in [-0.05, 0) is 51.0 Å². The highest BCUT2D eigenvalue weighted by Gasteiger charge is 2.65. The smallest absolute Gasteiger partial charge is 0.338 e. The number of carbonyl (C=O) groups is 4. The van der Waals surface area contributed by atoms with Gasteiger partial charge < -0.3 is 34.3 Å². The fourth-order valence-electron chi connectivity index (χ4n) is 7.63. The fourth-order valence-corrected chi connectivity index (χ4v) is 7.63. The highest BCUT2D eigenvalue weighted by molar-refractivity contribution is 5.95. The molecule has 0 radical (unpaired) electrons. The largest absolute Gasteiger partial charge is 0.458 e. The van der Waals surface area contributed by atoms with Gasteiger partial charge in [0.2, 0.25) is 0 Å². The van der Waals surface area contributed by atoms with Crippen LogP contribution in [-0.4, -0.2) is 87.8 Å². The lowest BCUT2D eigenvalue weighted by molar-refractivity contribution is -0.242. The number of carbonyl (C=O) groups excluding carboxylic acids is 4. The molecule has 11 heteroatoms. The normalized spacial score (nSPS) is 31.1. The van der Waals surface area contributed by atoms with E-state index < -0.39 is 77.2 Å². The molecule has 1 aliphatic heterocycles. The summed E-state index contributed by atoms with van der Waals surface area (Å²) in [5.74, 6) is -4.38. The summed E-state index contributed by atoms with van der Waals surface area (Å²) in [6, 6.07) is 17.1. The summed E-state index contributed by atoms with van der Waals surface area (Å²) >= 11 is 0. The van der Waals surface area contributed by atoms with Crippen molar-refractivity contribution in [3.05, 3.63) is 82.9 Å². The van der Waals surface area contributed by atoms with Crippen LogP contribution < -0.4 is 0 Å². The zero-order valence-electron chi connectivity index (χ0n) is 27.8. The lowest BCUT2D eigenvalue weighted by atomic mass is 9.54. The van der Waals surface area contributed by atoms with Gasteiger partial charge in [0.1, 0.15) is 12.2 Å². The van der Waals surface area contributed by atoms with Crippen LogP contribution in [-0.2, 0) is 39.8 Å². The van der Waals surface area contributed by atoms with Crippen LogP contribution in [0.3, 0.4) is 0 Å². The Balaban J connectivity index is 1.66. The Bertz CT molecular complexity index is 1550. The van der Waals surface area contributed by atoms with E-state index in [1.54, 1.807) is 61.5 Å². The van der Waals surface area contributed by atoms with E-state index in [0.717, 1.165) is 6.92 Å². The third-order valence-electron chi connectivity index (χ3n) is 10.1. The van der Waals surface area contributed by atoms with E-state index in [9.17, 15) is 34.5 Å². The maximum Gasteiger partial charge on any atom is 0.338 e. The number of fused-ring (bicyclic) bond motifs is 3. The highest BCUT2D eigenvalue weighted by Crippen LogP contribution is 2.55. The SMILES string of the molecule is CC(=O)O[C@H]1C(=O)[C@@]2(C)[C@@H]([C@@H]3CO[C@@H]3C[C@@H]2O)[C@H](OC(=O)c2ccccc2)C[C@H](OC(=O)[C@H](O)Cc2ccccc2)C(C)=C1C(C)(C)O. The average molecular weight is 665 g/mol. The number of Topliss-reactive ketones (excluding diaryl/α,β-unsaturated/α-hetero) is 1. The monoisotopic (exact) mass is 664 g/mol. The van der Waals surface area contributed by atoms with E-state index in [4.69, 9.17) is 18.9 Å². The Morgan fingerprint density at radius 3 is 2.19 bits per heavy atom. The van der Waals surface area contributed by atoms with Crippen molar-refractivity contribution in [1.29, 1.82) is 0 Å². The molecular formula is C37H44O11. The minimum Gasteiger partial charge on any atom is -0.458 e. The maximum absolute atomic E-state index is 14.9. The molecule has 2 fully saturated rings. The van der Waals surface area contributed by atoms with Crippen LogP contribution in [0.2, 0.25) is 0 Å². The standard InChI is InChI=1S/C37H44O11/c1-20-26(47-35(43)25(39)16-22-12-8-6-9-13-22)17-28(48-34(42)23-14-10-7-11-15-23)31-24-19-45-27(24)18-29(40)37(31,5)33(41)32(46-21(2)38)30(20)36(3,4)44/h6-15,24-29,31-32,39-40,44H,16-19H2,1-5H3/t24-,25-,26+,27-,28-,29+,31+,32-,37-/m1/s1. The number of esters is 3. The first-order valence-electron chi connectivity index (χ1n) is 16.3. The molecule has 3 aliphatic rings. The summed E-state index contributed by atoms with van der Waals surface area (Å²) in [5, 5.41) is 34.1. The van der Waals surface area contributed by atoms with Crippen LogP contribution in [0.25, 0.3) is 0 Å². The molecule has 1 heterocycles. The molecule has 1 saturated carbocycles. The second-order valence-electron chi connectivity index (χ2n) is 13.8. The van der Waals surface area contributed by atoms with Crippen molar-refractivity contribution in [2.45, 2.75) is 96.1 Å². The summed E-state index contributed by atoms with van der Waals surface area (Å²) in [5.41, 5.74) is -2.36. The van der Waals surface area contributed by atoms with E-state index in [1.807, 2.05) is 6.07 Å².